The monoisotopic (exact) mass is 1110 g/mol. The lowest BCUT2D eigenvalue weighted by Gasteiger charge is -2.26. The van der Waals surface area contributed by atoms with E-state index in [4.69, 9.17) is 8.83 Å². The van der Waals surface area contributed by atoms with E-state index in [-0.39, 0.29) is 0 Å². The molecule has 12 aromatic carbocycles. The number of furan rings is 2. The summed E-state index contributed by atoms with van der Waals surface area (Å²) in [4.78, 5) is 4.81. The molecule has 0 amide bonds. The van der Waals surface area contributed by atoms with Crippen LogP contribution in [-0.2, 0) is 0 Å². The lowest BCUT2D eigenvalue weighted by atomic mass is 9.89. The lowest BCUT2D eigenvalue weighted by molar-refractivity contribution is 0.599. The molecule has 0 aliphatic heterocycles. The van der Waals surface area contributed by atoms with Crippen LogP contribution in [0.25, 0.3) is 143 Å². The summed E-state index contributed by atoms with van der Waals surface area (Å²) in [5.41, 5.74) is 23.4. The summed E-state index contributed by atoms with van der Waals surface area (Å²) in [7, 11) is 0. The van der Waals surface area contributed by atoms with E-state index in [1.165, 1.54) is 70.9 Å². The molecule has 87 heavy (non-hydrogen) atoms. The van der Waals surface area contributed by atoms with Gasteiger partial charge >= 0.3 is 0 Å². The molecule has 0 radical (unpaired) electrons. The molecule has 0 saturated carbocycles. The van der Waals surface area contributed by atoms with E-state index in [2.05, 4.69) is 300 Å². The Morgan fingerprint density at radius 3 is 1.25 bits per heavy atom. The van der Waals surface area contributed by atoms with Gasteiger partial charge in [-0.1, -0.05) is 207 Å². The Balaban J connectivity index is 0.989. The topological polar surface area (TPSA) is 41.6 Å². The van der Waals surface area contributed by atoms with Crippen LogP contribution in [0.5, 0.6) is 0 Å². The van der Waals surface area contributed by atoms with Gasteiger partial charge in [0, 0.05) is 87.3 Å². The van der Waals surface area contributed by atoms with Gasteiger partial charge < -0.3 is 27.4 Å². The van der Waals surface area contributed by atoms with Gasteiger partial charge in [0.15, 0.2) is 11.2 Å². The summed E-state index contributed by atoms with van der Waals surface area (Å²) in [6.07, 6.45) is 4.21. The van der Waals surface area contributed by atoms with Crippen molar-refractivity contribution in [2.24, 2.45) is 0 Å². The average molecular weight is 1120 g/mol. The lowest BCUT2D eigenvalue weighted by Crippen LogP contribution is -2.10. The van der Waals surface area contributed by atoms with Crippen molar-refractivity contribution in [3.05, 3.63) is 278 Å². The first-order valence-electron chi connectivity index (χ1n) is 29.9. The molecule has 18 aromatic rings. The molecule has 6 aromatic heterocycles. The molecule has 6 heteroatoms. The number of rotatable bonds is 10. The molecule has 0 saturated heterocycles. The summed E-state index contributed by atoms with van der Waals surface area (Å²) in [5, 5.41) is 12.8. The number of hydrogen-bond acceptors (Lipinski definition) is 4. The van der Waals surface area contributed by atoms with Crippen LogP contribution in [0.4, 0.5) is 34.1 Å². The second-order valence-corrected chi connectivity index (χ2v) is 23.2. The SMILES string of the molecule is C=C(C)c1oc2c(N(c3ccccc3)c3cccc4c3c3cccc5c6c(-c7ccccc7)c7c(c(-c8ccccc8)c6n4c35)c3cccc4c5c(N(c6ccccc6)c6cccc8c6oc6c(C)cccc68)cccc5n7c43)cccc2c1/C=C\C. The Labute approximate surface area is 500 Å². The van der Waals surface area contributed by atoms with Gasteiger partial charge in [0.05, 0.1) is 55.8 Å². The van der Waals surface area contributed by atoms with Gasteiger partial charge in [-0.05, 0) is 104 Å². The first kappa shape index (κ1) is 49.1. The molecular weight excluding hydrogens is 1060 g/mol. The predicted molar refractivity (Wildman–Crippen MR) is 367 cm³/mol. The zero-order chi connectivity index (χ0) is 57.8. The third-order valence-electron chi connectivity index (χ3n) is 18.3. The van der Waals surface area contributed by atoms with Crippen molar-refractivity contribution in [1.82, 2.24) is 8.80 Å². The molecule has 0 spiro atoms. The number of aryl methyl sites for hydroxylation is 1. The predicted octanol–water partition coefficient (Wildman–Crippen LogP) is 23.3. The number of hydrogen-bond donors (Lipinski definition) is 0. The average Bonchev–Trinajstić information content (AvgIpc) is 1.51. The highest BCUT2D eigenvalue weighted by Crippen LogP contribution is 2.57. The number of allylic oxidation sites excluding steroid dienone is 2. The molecule has 0 atom stereocenters. The zero-order valence-corrected chi connectivity index (χ0v) is 48.1. The molecule has 0 N–H and O–H groups in total. The quantitative estimate of drug-likeness (QED) is 0.137. The van der Waals surface area contributed by atoms with E-state index in [1.807, 2.05) is 6.92 Å². The van der Waals surface area contributed by atoms with Crippen molar-refractivity contribution in [2.45, 2.75) is 20.8 Å². The van der Waals surface area contributed by atoms with Crippen molar-refractivity contribution < 1.29 is 8.83 Å². The maximum atomic E-state index is 6.99. The van der Waals surface area contributed by atoms with Crippen LogP contribution < -0.4 is 9.80 Å². The third-order valence-corrected chi connectivity index (χ3v) is 18.3. The van der Waals surface area contributed by atoms with Crippen molar-refractivity contribution in [1.29, 1.82) is 0 Å². The highest BCUT2D eigenvalue weighted by atomic mass is 16.3. The van der Waals surface area contributed by atoms with Gasteiger partial charge in [0.1, 0.15) is 11.3 Å². The second kappa shape index (κ2) is 18.6. The summed E-state index contributed by atoms with van der Waals surface area (Å²) in [6, 6.07) is 90.9. The number of fused-ring (bicyclic) bond motifs is 16. The van der Waals surface area contributed by atoms with Crippen LogP contribution in [0, 0.1) is 6.92 Å². The van der Waals surface area contributed by atoms with E-state index >= 15 is 0 Å². The molecule has 0 aliphatic rings. The Morgan fingerprint density at radius 1 is 0.379 bits per heavy atom. The van der Waals surface area contributed by atoms with E-state index in [0.29, 0.717) is 0 Å². The van der Waals surface area contributed by atoms with E-state index in [0.717, 1.165) is 117 Å². The van der Waals surface area contributed by atoms with Gasteiger partial charge in [-0.2, -0.15) is 0 Å². The smallest absolute Gasteiger partial charge is 0.159 e. The number of nitrogens with zero attached hydrogens (tertiary/aromatic N) is 4. The van der Waals surface area contributed by atoms with Crippen LogP contribution in [0.3, 0.4) is 0 Å². The number of aromatic nitrogens is 2. The van der Waals surface area contributed by atoms with E-state index in [1.54, 1.807) is 0 Å². The fourth-order valence-electron chi connectivity index (χ4n) is 14.9. The number of anilines is 6. The Bertz CT molecular complexity index is 5870. The van der Waals surface area contributed by atoms with Gasteiger partial charge in [-0.15, -0.1) is 0 Å². The Kier molecular flexibility index (Phi) is 10.5. The Morgan fingerprint density at radius 2 is 0.770 bits per heavy atom. The minimum atomic E-state index is 0.793. The largest absolute Gasteiger partial charge is 0.454 e. The van der Waals surface area contributed by atoms with Crippen LogP contribution >= 0.6 is 0 Å². The molecule has 0 unspecified atom stereocenters. The van der Waals surface area contributed by atoms with Crippen molar-refractivity contribution >= 4 is 155 Å². The van der Waals surface area contributed by atoms with Crippen LogP contribution in [0.2, 0.25) is 0 Å². The molecule has 6 nitrogen and oxygen atoms in total. The molecular formula is C81H54N4O2. The summed E-state index contributed by atoms with van der Waals surface area (Å²) < 4.78 is 19.2. The minimum Gasteiger partial charge on any atom is -0.454 e. The third kappa shape index (κ3) is 6.75. The fourth-order valence-corrected chi connectivity index (χ4v) is 14.9. The van der Waals surface area contributed by atoms with Gasteiger partial charge in [-0.25, -0.2) is 0 Å². The van der Waals surface area contributed by atoms with Crippen molar-refractivity contribution in [3.8, 4) is 22.3 Å². The summed E-state index contributed by atoms with van der Waals surface area (Å²) in [5.74, 6) is 0.793. The van der Waals surface area contributed by atoms with Gasteiger partial charge in [0.25, 0.3) is 0 Å². The molecule has 6 heterocycles. The minimum absolute atomic E-state index is 0.793. The fraction of sp³-hybridized carbons (Fsp3) is 0.0370. The number of benzene rings is 12. The van der Waals surface area contributed by atoms with Crippen LogP contribution in [-0.4, -0.2) is 8.80 Å². The number of para-hydroxylation sites is 7. The molecule has 410 valence electrons. The highest BCUT2D eigenvalue weighted by Gasteiger charge is 2.33. The molecule has 18 rings (SSSR count). The van der Waals surface area contributed by atoms with Crippen molar-refractivity contribution in [3.63, 3.8) is 0 Å². The summed E-state index contributed by atoms with van der Waals surface area (Å²) >= 11 is 0. The van der Waals surface area contributed by atoms with Gasteiger partial charge in [-0.3, -0.25) is 0 Å². The maximum Gasteiger partial charge on any atom is 0.159 e. The van der Waals surface area contributed by atoms with Crippen LogP contribution in [0.1, 0.15) is 30.7 Å². The molecule has 0 bridgehead atoms. The van der Waals surface area contributed by atoms with E-state index < -0.39 is 0 Å². The zero-order valence-electron chi connectivity index (χ0n) is 48.1. The van der Waals surface area contributed by atoms with E-state index in [9.17, 15) is 0 Å². The van der Waals surface area contributed by atoms with Crippen LogP contribution in [0.15, 0.2) is 270 Å². The molecule has 0 aliphatic carbocycles. The summed E-state index contributed by atoms with van der Waals surface area (Å²) in [6.45, 7) is 10.6. The second-order valence-electron chi connectivity index (χ2n) is 23.2. The highest BCUT2D eigenvalue weighted by molar-refractivity contribution is 6.39. The maximum absolute atomic E-state index is 6.99. The van der Waals surface area contributed by atoms with Gasteiger partial charge in [0.2, 0.25) is 0 Å². The van der Waals surface area contributed by atoms with Crippen molar-refractivity contribution in [2.75, 3.05) is 9.80 Å². The first-order chi connectivity index (χ1) is 43.0. The Hall–Kier alpha value is -11.3. The molecule has 0 fully saturated rings. The standard InChI is InChI=1S/C81H54N4O2/c1-5-25-54-56-36-21-46-66(80(56)86-78(54)48(2)3)82(52-31-14-8-15-32-52)62-42-23-44-64-70(62)58-38-19-40-60-72-69(51-29-12-7-13-30-51)77-73(68(50-27-10-6-11-28-50)76(72)84(64)74(58)60)61-41-20-39-59-71-63(43-24-45-65(71)85(77)75(59)61)83(53-33-16-9-17-34-53)67-47-22-37-57-55-35-18-26-49(4)79(55)87-81(57)67/h5-47H,2H2,1,3-4H3/b25-5-. The first-order valence-corrected chi connectivity index (χ1v) is 29.9. The normalized spacial score (nSPS) is 12.3.